The zero-order valence-corrected chi connectivity index (χ0v) is 18.7. The van der Waals surface area contributed by atoms with Crippen LogP contribution in [0.3, 0.4) is 0 Å². The van der Waals surface area contributed by atoms with Crippen LogP contribution in [0, 0.1) is 0 Å². The van der Waals surface area contributed by atoms with E-state index in [0.717, 1.165) is 43.2 Å². The lowest BCUT2D eigenvalue weighted by Crippen LogP contribution is -2.46. The lowest BCUT2D eigenvalue weighted by molar-refractivity contribution is 0.0970. The number of hydrogen-bond donors (Lipinski definition) is 1. The second kappa shape index (κ2) is 8.95. The SMILES string of the molecule is Oc1ccccc1/C=N/N1CCN(C2Cc3ccccc3Sc3ccc(Cl)cc32)CC1. The summed E-state index contributed by atoms with van der Waals surface area (Å²) in [5, 5.41) is 17.4. The monoisotopic (exact) mass is 449 g/mol. The molecule has 0 aromatic heterocycles. The van der Waals surface area contributed by atoms with Gasteiger partial charge in [0, 0.05) is 52.6 Å². The smallest absolute Gasteiger partial charge is 0.124 e. The van der Waals surface area contributed by atoms with Crippen molar-refractivity contribution in [1.29, 1.82) is 0 Å². The van der Waals surface area contributed by atoms with E-state index in [0.29, 0.717) is 6.04 Å². The highest BCUT2D eigenvalue weighted by atomic mass is 35.5. The largest absolute Gasteiger partial charge is 0.507 e. The number of aromatic hydroxyl groups is 1. The number of rotatable bonds is 3. The molecular weight excluding hydrogens is 426 g/mol. The third-order valence-electron chi connectivity index (χ3n) is 5.96. The molecule has 0 amide bonds. The maximum atomic E-state index is 9.94. The highest BCUT2D eigenvalue weighted by Crippen LogP contribution is 2.43. The third kappa shape index (κ3) is 4.45. The molecule has 1 N–H and O–H groups in total. The first-order chi connectivity index (χ1) is 15.2. The van der Waals surface area contributed by atoms with Crippen LogP contribution in [0.25, 0.3) is 0 Å². The molecule has 4 nitrogen and oxygen atoms in total. The van der Waals surface area contributed by atoms with Crippen LogP contribution in [0.2, 0.25) is 5.02 Å². The summed E-state index contributed by atoms with van der Waals surface area (Å²) in [7, 11) is 0. The second-order valence-corrected chi connectivity index (χ2v) is 9.43. The summed E-state index contributed by atoms with van der Waals surface area (Å²) >= 11 is 8.25. The van der Waals surface area contributed by atoms with Gasteiger partial charge < -0.3 is 5.11 Å². The van der Waals surface area contributed by atoms with Crippen LogP contribution in [0.5, 0.6) is 5.75 Å². The van der Waals surface area contributed by atoms with Gasteiger partial charge in [-0.3, -0.25) is 9.91 Å². The van der Waals surface area contributed by atoms with Crippen LogP contribution in [0.1, 0.15) is 22.7 Å². The van der Waals surface area contributed by atoms with Crippen LogP contribution >= 0.6 is 23.4 Å². The van der Waals surface area contributed by atoms with Crippen LogP contribution < -0.4 is 0 Å². The summed E-state index contributed by atoms with van der Waals surface area (Å²) in [4.78, 5) is 5.18. The Kier molecular flexibility index (Phi) is 5.90. The van der Waals surface area contributed by atoms with E-state index in [1.807, 2.05) is 36.0 Å². The minimum atomic E-state index is 0.257. The zero-order valence-electron chi connectivity index (χ0n) is 17.1. The van der Waals surface area contributed by atoms with Crippen molar-refractivity contribution in [3.63, 3.8) is 0 Å². The van der Waals surface area contributed by atoms with Gasteiger partial charge >= 0.3 is 0 Å². The molecule has 0 spiro atoms. The van der Waals surface area contributed by atoms with E-state index >= 15 is 0 Å². The number of halogens is 1. The molecule has 0 saturated carbocycles. The normalized spacial score (nSPS) is 19.1. The Morgan fingerprint density at radius 3 is 2.55 bits per heavy atom. The maximum Gasteiger partial charge on any atom is 0.124 e. The predicted molar refractivity (Wildman–Crippen MR) is 127 cm³/mol. The number of hydrazone groups is 1. The maximum absolute atomic E-state index is 9.94. The summed E-state index contributed by atoms with van der Waals surface area (Å²) in [5.74, 6) is 0.257. The van der Waals surface area contributed by atoms with E-state index < -0.39 is 0 Å². The van der Waals surface area contributed by atoms with Gasteiger partial charge in [0.2, 0.25) is 0 Å². The molecule has 158 valence electrons. The molecule has 1 atom stereocenters. The fourth-order valence-corrected chi connectivity index (χ4v) is 5.58. The fraction of sp³-hybridized carbons (Fsp3) is 0.240. The van der Waals surface area contributed by atoms with E-state index in [1.54, 1.807) is 12.3 Å². The highest BCUT2D eigenvalue weighted by molar-refractivity contribution is 7.99. The Morgan fingerprint density at radius 2 is 1.71 bits per heavy atom. The Labute approximate surface area is 192 Å². The van der Waals surface area contributed by atoms with E-state index in [4.69, 9.17) is 11.6 Å². The number of hydrogen-bond acceptors (Lipinski definition) is 5. The van der Waals surface area contributed by atoms with Crippen molar-refractivity contribution in [2.75, 3.05) is 26.2 Å². The van der Waals surface area contributed by atoms with E-state index in [2.05, 4.69) is 51.4 Å². The average molecular weight is 450 g/mol. The van der Waals surface area contributed by atoms with Gasteiger partial charge in [0.1, 0.15) is 5.75 Å². The third-order valence-corrected chi connectivity index (χ3v) is 7.41. The van der Waals surface area contributed by atoms with Crippen LogP contribution in [-0.2, 0) is 6.42 Å². The summed E-state index contributed by atoms with van der Waals surface area (Å²) in [6, 6.07) is 22.6. The Balaban J connectivity index is 1.35. The first kappa shape index (κ1) is 20.4. The van der Waals surface area contributed by atoms with Crippen molar-refractivity contribution in [3.8, 4) is 5.75 Å². The average Bonchev–Trinajstić information content (AvgIpc) is 2.95. The summed E-state index contributed by atoms with van der Waals surface area (Å²) in [6.07, 6.45) is 2.73. The first-order valence-electron chi connectivity index (χ1n) is 10.5. The Morgan fingerprint density at radius 1 is 0.935 bits per heavy atom. The number of phenols is 1. The molecule has 2 aliphatic heterocycles. The lowest BCUT2D eigenvalue weighted by Gasteiger charge is -2.38. The highest BCUT2D eigenvalue weighted by Gasteiger charge is 2.30. The molecule has 31 heavy (non-hydrogen) atoms. The van der Waals surface area contributed by atoms with Crippen molar-refractivity contribution >= 4 is 29.6 Å². The molecule has 1 fully saturated rings. The molecular formula is C25H24ClN3OS. The van der Waals surface area contributed by atoms with Crippen LogP contribution in [-0.4, -0.2) is 47.4 Å². The van der Waals surface area contributed by atoms with Crippen molar-refractivity contribution < 1.29 is 5.11 Å². The molecule has 1 unspecified atom stereocenters. The molecule has 1 saturated heterocycles. The van der Waals surface area contributed by atoms with Crippen molar-refractivity contribution in [1.82, 2.24) is 9.91 Å². The van der Waals surface area contributed by atoms with Gasteiger partial charge in [0.25, 0.3) is 0 Å². The summed E-state index contributed by atoms with van der Waals surface area (Å²) < 4.78 is 0. The molecule has 3 aromatic carbocycles. The lowest BCUT2D eigenvalue weighted by atomic mass is 9.97. The summed E-state index contributed by atoms with van der Waals surface area (Å²) in [5.41, 5.74) is 3.45. The first-order valence-corrected chi connectivity index (χ1v) is 11.7. The Bertz CT molecular complexity index is 1110. The number of benzene rings is 3. The molecule has 3 aromatic rings. The minimum absolute atomic E-state index is 0.257. The zero-order chi connectivity index (χ0) is 21.2. The molecule has 6 heteroatoms. The van der Waals surface area contributed by atoms with E-state index in [9.17, 15) is 5.11 Å². The van der Waals surface area contributed by atoms with Gasteiger partial charge in [-0.1, -0.05) is 53.7 Å². The quantitative estimate of drug-likeness (QED) is 0.540. The van der Waals surface area contributed by atoms with Gasteiger partial charge in [-0.05, 0) is 53.9 Å². The van der Waals surface area contributed by atoms with E-state index in [-0.39, 0.29) is 5.75 Å². The molecule has 0 radical (unpaired) electrons. The number of nitrogens with zero attached hydrogens (tertiary/aromatic N) is 3. The van der Waals surface area contributed by atoms with Crippen LogP contribution in [0.4, 0.5) is 0 Å². The molecule has 2 aliphatic rings. The van der Waals surface area contributed by atoms with Gasteiger partial charge in [0.05, 0.1) is 6.21 Å². The number of fused-ring (bicyclic) bond motifs is 2. The van der Waals surface area contributed by atoms with Crippen molar-refractivity contribution in [2.45, 2.75) is 22.3 Å². The van der Waals surface area contributed by atoms with Crippen molar-refractivity contribution in [2.24, 2.45) is 5.10 Å². The number of piperazine rings is 1. The topological polar surface area (TPSA) is 39.1 Å². The van der Waals surface area contributed by atoms with Gasteiger partial charge in [0.15, 0.2) is 0 Å². The van der Waals surface area contributed by atoms with Crippen LogP contribution in [0.15, 0.2) is 81.6 Å². The number of para-hydroxylation sites is 1. The molecule has 0 bridgehead atoms. The second-order valence-electron chi connectivity index (χ2n) is 7.90. The molecule has 5 rings (SSSR count). The summed E-state index contributed by atoms with van der Waals surface area (Å²) in [6.45, 7) is 3.57. The fourth-order valence-electron chi connectivity index (χ4n) is 4.29. The molecule has 2 heterocycles. The Hall–Kier alpha value is -2.47. The standard InChI is InChI=1S/C25H24ClN3OS/c26-20-9-10-25-21(16-20)22(15-18-5-2-4-8-24(18)31-25)28-11-13-29(14-12-28)27-17-19-6-1-3-7-23(19)30/h1-10,16-17,22,30H,11-15H2/b27-17+. The van der Waals surface area contributed by atoms with Gasteiger partial charge in [-0.15, -0.1) is 0 Å². The number of phenolic OH excluding ortho intramolecular Hbond substituents is 1. The van der Waals surface area contributed by atoms with Gasteiger partial charge in [-0.2, -0.15) is 5.10 Å². The van der Waals surface area contributed by atoms with E-state index in [1.165, 1.54) is 20.9 Å². The van der Waals surface area contributed by atoms with Crippen molar-refractivity contribution in [3.05, 3.63) is 88.4 Å². The van der Waals surface area contributed by atoms with Gasteiger partial charge in [-0.25, -0.2) is 0 Å². The minimum Gasteiger partial charge on any atom is -0.507 e. The molecule has 0 aliphatic carbocycles. The predicted octanol–water partition coefficient (Wildman–Crippen LogP) is 5.45.